The normalized spacial score (nSPS) is 12.7. The van der Waals surface area contributed by atoms with Crippen molar-refractivity contribution in [2.45, 2.75) is 0 Å². The first-order valence-corrected chi connectivity index (χ1v) is 9.95. The van der Waals surface area contributed by atoms with Gasteiger partial charge < -0.3 is 20.5 Å². The van der Waals surface area contributed by atoms with Crippen LogP contribution in [0, 0.1) is 0 Å². The van der Waals surface area contributed by atoms with E-state index in [1.807, 2.05) is 54.6 Å². The zero-order valence-corrected chi connectivity index (χ0v) is 16.9. The number of rotatable bonds is 3. The number of nitrogen functional groups attached to an aromatic ring is 1. The lowest BCUT2D eigenvalue weighted by molar-refractivity contribution is 0.171. The molecule has 0 saturated carbocycles. The van der Waals surface area contributed by atoms with Crippen LogP contribution in [0.1, 0.15) is 0 Å². The predicted molar refractivity (Wildman–Crippen MR) is 118 cm³/mol. The predicted octanol–water partition coefficient (Wildman–Crippen LogP) is 5.16. The van der Waals surface area contributed by atoms with Crippen LogP contribution in [0.5, 0.6) is 11.5 Å². The van der Waals surface area contributed by atoms with E-state index < -0.39 is 0 Å². The number of benzene rings is 3. The average molecular weight is 449 g/mol. The topological polar surface area (TPSA) is 82.3 Å². The molecular formula is C22H17BrN4O2. The number of nitrogens with zero attached hydrogens (tertiary/aromatic N) is 2. The van der Waals surface area contributed by atoms with Crippen molar-refractivity contribution in [3.63, 3.8) is 0 Å². The molecule has 29 heavy (non-hydrogen) atoms. The van der Waals surface area contributed by atoms with Gasteiger partial charge in [-0.15, -0.1) is 0 Å². The van der Waals surface area contributed by atoms with Crippen molar-refractivity contribution in [1.82, 2.24) is 9.97 Å². The molecule has 1 aliphatic heterocycles. The first kappa shape index (κ1) is 17.8. The van der Waals surface area contributed by atoms with E-state index in [0.29, 0.717) is 19.0 Å². The second-order valence-corrected chi connectivity index (χ2v) is 7.57. The van der Waals surface area contributed by atoms with Gasteiger partial charge in [-0.2, -0.15) is 4.98 Å². The van der Waals surface area contributed by atoms with Crippen molar-refractivity contribution < 1.29 is 9.47 Å². The van der Waals surface area contributed by atoms with Gasteiger partial charge in [-0.3, -0.25) is 0 Å². The molecule has 3 aromatic carbocycles. The Balaban J connectivity index is 1.59. The molecule has 0 atom stereocenters. The summed E-state index contributed by atoms with van der Waals surface area (Å²) in [6.07, 6.45) is 0. The van der Waals surface area contributed by atoms with E-state index in [1.165, 1.54) is 0 Å². The lowest BCUT2D eigenvalue weighted by Gasteiger charge is -2.19. The van der Waals surface area contributed by atoms with Crippen LogP contribution in [0.25, 0.3) is 22.0 Å². The number of anilines is 3. The Kier molecular flexibility index (Phi) is 4.44. The highest BCUT2D eigenvalue weighted by atomic mass is 79.9. The number of hydrogen-bond acceptors (Lipinski definition) is 6. The molecule has 3 N–H and O–H groups in total. The molecule has 144 valence electrons. The van der Waals surface area contributed by atoms with Crippen LogP contribution < -0.4 is 20.5 Å². The number of hydrogen-bond donors (Lipinski definition) is 2. The van der Waals surface area contributed by atoms with Crippen LogP contribution in [0.4, 0.5) is 17.5 Å². The fraction of sp³-hybridized carbons (Fsp3) is 0.0909. The Morgan fingerprint density at radius 3 is 2.52 bits per heavy atom. The van der Waals surface area contributed by atoms with Gasteiger partial charge in [-0.1, -0.05) is 34.1 Å². The van der Waals surface area contributed by atoms with E-state index in [9.17, 15) is 0 Å². The van der Waals surface area contributed by atoms with Crippen LogP contribution >= 0.6 is 15.9 Å². The summed E-state index contributed by atoms with van der Waals surface area (Å²) in [6.45, 7) is 1.13. The quantitative estimate of drug-likeness (QED) is 0.450. The van der Waals surface area contributed by atoms with Gasteiger partial charge in [-0.05, 0) is 53.6 Å². The van der Waals surface area contributed by atoms with Crippen molar-refractivity contribution in [1.29, 1.82) is 0 Å². The van der Waals surface area contributed by atoms with Gasteiger partial charge in [0.05, 0.1) is 5.52 Å². The fourth-order valence-corrected chi connectivity index (χ4v) is 3.75. The third-order valence-corrected chi connectivity index (χ3v) is 5.17. The molecule has 0 radical (unpaired) electrons. The maximum absolute atomic E-state index is 5.93. The number of nitrogens with two attached hydrogens (primary N) is 1. The van der Waals surface area contributed by atoms with E-state index >= 15 is 0 Å². The minimum Gasteiger partial charge on any atom is -0.486 e. The minimum absolute atomic E-state index is 0.224. The Bertz CT molecular complexity index is 1230. The second kappa shape index (κ2) is 7.25. The summed E-state index contributed by atoms with van der Waals surface area (Å²) < 4.78 is 12.3. The molecule has 1 aliphatic rings. The summed E-state index contributed by atoms with van der Waals surface area (Å²) in [5.74, 6) is 2.41. The van der Waals surface area contributed by atoms with Crippen LogP contribution in [0.2, 0.25) is 0 Å². The zero-order valence-electron chi connectivity index (χ0n) is 15.4. The molecule has 0 bridgehead atoms. The average Bonchev–Trinajstić information content (AvgIpc) is 2.73. The Morgan fingerprint density at radius 2 is 1.66 bits per heavy atom. The zero-order chi connectivity index (χ0) is 19.8. The number of fused-ring (bicyclic) bond motifs is 2. The molecule has 0 spiro atoms. The SMILES string of the molecule is Nc1nc(Nc2cccc(Br)c2)c2cc(-c3ccc4c(c3)OCCO4)ccc2n1. The smallest absolute Gasteiger partial charge is 0.222 e. The maximum atomic E-state index is 5.93. The monoisotopic (exact) mass is 448 g/mol. The molecule has 6 nitrogen and oxygen atoms in total. The van der Waals surface area contributed by atoms with E-state index in [4.69, 9.17) is 15.2 Å². The van der Waals surface area contributed by atoms with Gasteiger partial charge in [0.1, 0.15) is 19.0 Å². The molecule has 0 unspecified atom stereocenters. The van der Waals surface area contributed by atoms with E-state index in [2.05, 4.69) is 37.3 Å². The number of halogens is 1. The Hall–Kier alpha value is -3.32. The summed E-state index contributed by atoms with van der Waals surface area (Å²) in [7, 11) is 0. The third-order valence-electron chi connectivity index (χ3n) is 4.68. The molecule has 2 heterocycles. The van der Waals surface area contributed by atoms with Gasteiger partial charge in [0.25, 0.3) is 0 Å². The summed E-state index contributed by atoms with van der Waals surface area (Å²) >= 11 is 3.49. The first-order valence-electron chi connectivity index (χ1n) is 9.16. The van der Waals surface area contributed by atoms with E-state index in [-0.39, 0.29) is 5.95 Å². The molecule has 0 aliphatic carbocycles. The minimum atomic E-state index is 0.224. The van der Waals surface area contributed by atoms with Gasteiger partial charge >= 0.3 is 0 Å². The fourth-order valence-electron chi connectivity index (χ4n) is 3.35. The molecule has 5 rings (SSSR count). The standard InChI is InChI=1S/C22H17BrN4O2/c23-15-2-1-3-16(12-15)25-21-17-10-13(4-6-18(17)26-22(24)27-21)14-5-7-19-20(11-14)29-9-8-28-19/h1-7,10-12H,8-9H2,(H3,24,25,26,27). The molecule has 1 aromatic heterocycles. The molecule has 0 amide bonds. The van der Waals surface area contributed by atoms with Crippen LogP contribution in [0.15, 0.2) is 65.1 Å². The van der Waals surface area contributed by atoms with E-state index in [0.717, 1.165) is 43.7 Å². The number of nitrogens with one attached hydrogen (secondary N) is 1. The summed E-state index contributed by atoms with van der Waals surface area (Å²) in [5.41, 5.74) is 9.67. The van der Waals surface area contributed by atoms with Crippen molar-refractivity contribution in [3.05, 3.63) is 65.1 Å². The molecule has 0 saturated heterocycles. The number of aromatic nitrogens is 2. The summed E-state index contributed by atoms with van der Waals surface area (Å²) in [5, 5.41) is 4.23. The highest BCUT2D eigenvalue weighted by Gasteiger charge is 2.14. The van der Waals surface area contributed by atoms with Crippen molar-refractivity contribution >= 4 is 44.3 Å². The van der Waals surface area contributed by atoms with Crippen LogP contribution in [0.3, 0.4) is 0 Å². The molecule has 4 aromatic rings. The third kappa shape index (κ3) is 3.56. The second-order valence-electron chi connectivity index (χ2n) is 6.66. The Morgan fingerprint density at radius 1 is 0.862 bits per heavy atom. The number of ether oxygens (including phenoxy) is 2. The largest absolute Gasteiger partial charge is 0.486 e. The van der Waals surface area contributed by atoms with Gasteiger partial charge in [-0.25, -0.2) is 4.98 Å². The van der Waals surface area contributed by atoms with Gasteiger partial charge in [0, 0.05) is 15.5 Å². The van der Waals surface area contributed by atoms with Crippen LogP contribution in [-0.2, 0) is 0 Å². The molecular weight excluding hydrogens is 432 g/mol. The van der Waals surface area contributed by atoms with Crippen molar-refractivity contribution in [2.75, 3.05) is 24.3 Å². The highest BCUT2D eigenvalue weighted by molar-refractivity contribution is 9.10. The lowest BCUT2D eigenvalue weighted by Crippen LogP contribution is -2.15. The van der Waals surface area contributed by atoms with E-state index in [1.54, 1.807) is 0 Å². The van der Waals surface area contributed by atoms with Gasteiger partial charge in [0.15, 0.2) is 11.5 Å². The van der Waals surface area contributed by atoms with Gasteiger partial charge in [0.2, 0.25) is 5.95 Å². The summed E-state index contributed by atoms with van der Waals surface area (Å²) in [4.78, 5) is 8.80. The van der Waals surface area contributed by atoms with Crippen molar-refractivity contribution in [2.24, 2.45) is 0 Å². The Labute approximate surface area is 175 Å². The summed E-state index contributed by atoms with van der Waals surface area (Å²) in [6, 6.07) is 19.9. The van der Waals surface area contributed by atoms with Crippen LogP contribution in [-0.4, -0.2) is 23.2 Å². The first-order chi connectivity index (χ1) is 14.2. The molecule has 0 fully saturated rings. The highest BCUT2D eigenvalue weighted by Crippen LogP contribution is 2.36. The lowest BCUT2D eigenvalue weighted by atomic mass is 10.0. The molecule has 7 heteroatoms. The maximum Gasteiger partial charge on any atom is 0.222 e. The van der Waals surface area contributed by atoms with Crippen molar-refractivity contribution in [3.8, 4) is 22.6 Å².